The van der Waals surface area contributed by atoms with Crippen LogP contribution in [0.4, 0.5) is 0 Å². The van der Waals surface area contributed by atoms with Gasteiger partial charge in [0.15, 0.2) is 0 Å². The molecular formula is C39H67N7O8S. The zero-order chi connectivity index (χ0) is 40.7. The first-order valence-corrected chi connectivity index (χ1v) is 21.8. The second-order valence-corrected chi connectivity index (χ2v) is 16.8. The van der Waals surface area contributed by atoms with E-state index in [0.717, 1.165) is 32.1 Å². The lowest BCUT2D eigenvalue weighted by atomic mass is 9.84. The summed E-state index contributed by atoms with van der Waals surface area (Å²) in [5, 5.41) is 24.2. The Bertz CT molecular complexity index is 1330. The Balaban J connectivity index is 1.76. The molecule has 3 aliphatic rings. The lowest BCUT2D eigenvalue weighted by molar-refractivity contribution is -0.148. The van der Waals surface area contributed by atoms with Gasteiger partial charge in [0.2, 0.25) is 41.4 Å². The third-order valence-corrected chi connectivity index (χ3v) is 11.6. The van der Waals surface area contributed by atoms with Gasteiger partial charge in [-0.05, 0) is 82.1 Å². The van der Waals surface area contributed by atoms with Crippen LogP contribution in [0.25, 0.3) is 0 Å². The zero-order valence-corrected chi connectivity index (χ0v) is 34.6. The molecule has 1 aliphatic carbocycles. The molecule has 55 heavy (non-hydrogen) atoms. The molecule has 2 saturated heterocycles. The van der Waals surface area contributed by atoms with Crippen molar-refractivity contribution >= 4 is 53.1 Å². The number of thioether (sulfide) groups is 1. The first kappa shape index (κ1) is 46.0. The van der Waals surface area contributed by atoms with E-state index in [4.69, 9.17) is 0 Å². The average molecular weight is 794 g/mol. The summed E-state index contributed by atoms with van der Waals surface area (Å²) in [6, 6.07) is -5.62. The van der Waals surface area contributed by atoms with E-state index in [0.29, 0.717) is 76.1 Å². The number of piperidine rings is 1. The molecule has 7 atom stereocenters. The molecule has 3 rings (SSSR count). The molecule has 0 aromatic heterocycles. The third-order valence-electron chi connectivity index (χ3n) is 11.0. The molecule has 0 unspecified atom stereocenters. The van der Waals surface area contributed by atoms with Crippen LogP contribution in [0.3, 0.4) is 0 Å². The van der Waals surface area contributed by atoms with Gasteiger partial charge in [0.05, 0.1) is 6.10 Å². The van der Waals surface area contributed by atoms with Crippen LogP contribution < -0.4 is 26.6 Å². The van der Waals surface area contributed by atoms with Gasteiger partial charge in [-0.2, -0.15) is 11.8 Å². The Labute approximate surface area is 331 Å². The standard InChI is InChI=1S/C39H67N7O8S/c1-7-19-40-37(52)33(25(4)47)44-36(51)31-17-13-21-45(31)38(53)28(18-22-55-6)42-35(50)30-16-11-12-20-46(30)39(54)32(24(2)3)43-34(49)29(41-26(5)48)23-27-14-9-8-10-15-27/h24-25,27-33,47H,7-23H2,1-6H3,(H,40,52)(H,41,48)(H,42,50)(H,43,49)(H,44,51)/t25-,28+,29+,30+,31+,32+,33+/m1/s1. The van der Waals surface area contributed by atoms with Gasteiger partial charge in [0.1, 0.15) is 36.3 Å². The van der Waals surface area contributed by atoms with E-state index in [2.05, 4.69) is 26.6 Å². The van der Waals surface area contributed by atoms with Crippen LogP contribution in [0.5, 0.6) is 0 Å². The summed E-state index contributed by atoms with van der Waals surface area (Å²) in [5.74, 6) is -2.54. The lowest BCUT2D eigenvalue weighted by Crippen LogP contribution is -2.62. The first-order chi connectivity index (χ1) is 26.2. The fourth-order valence-corrected chi connectivity index (χ4v) is 8.40. The molecule has 0 aromatic carbocycles. The highest BCUT2D eigenvalue weighted by atomic mass is 32.2. The van der Waals surface area contributed by atoms with Crippen LogP contribution in [0, 0.1) is 11.8 Å². The van der Waals surface area contributed by atoms with Gasteiger partial charge < -0.3 is 41.5 Å². The molecule has 16 heteroatoms. The van der Waals surface area contributed by atoms with Crippen LogP contribution >= 0.6 is 11.8 Å². The second kappa shape index (κ2) is 23.0. The van der Waals surface area contributed by atoms with Crippen molar-refractivity contribution in [3.63, 3.8) is 0 Å². The Hall–Kier alpha value is -3.40. The van der Waals surface area contributed by atoms with Gasteiger partial charge in [-0.25, -0.2) is 0 Å². The number of amides is 7. The predicted molar refractivity (Wildman–Crippen MR) is 211 cm³/mol. The van der Waals surface area contributed by atoms with E-state index >= 15 is 0 Å². The molecule has 1 saturated carbocycles. The monoisotopic (exact) mass is 793 g/mol. The maximum Gasteiger partial charge on any atom is 0.246 e. The SMILES string of the molecule is CCCNC(=O)[C@@H](NC(=O)[C@@H]1CCCN1C(=O)[C@H](CCSC)NC(=O)[C@@H]1CCCCN1C(=O)[C@@H](NC(=O)[C@H](CC1CCCCC1)NC(C)=O)C(C)C)[C@@H](C)O. The summed E-state index contributed by atoms with van der Waals surface area (Å²) >= 11 is 1.51. The number of nitrogens with zero attached hydrogens (tertiary/aromatic N) is 2. The van der Waals surface area contributed by atoms with Gasteiger partial charge in [-0.3, -0.25) is 33.6 Å². The van der Waals surface area contributed by atoms with Crippen molar-refractivity contribution in [2.24, 2.45) is 11.8 Å². The summed E-state index contributed by atoms with van der Waals surface area (Å²) in [7, 11) is 0. The predicted octanol–water partition coefficient (Wildman–Crippen LogP) is 1.60. The first-order valence-electron chi connectivity index (χ1n) is 20.4. The van der Waals surface area contributed by atoms with E-state index < -0.39 is 71.9 Å². The largest absolute Gasteiger partial charge is 0.391 e. The summed E-state index contributed by atoms with van der Waals surface area (Å²) in [4.78, 5) is 97.4. The minimum Gasteiger partial charge on any atom is -0.391 e. The number of carbonyl (C=O) groups excluding carboxylic acids is 7. The molecule has 0 spiro atoms. The molecule has 15 nitrogen and oxygen atoms in total. The molecular weight excluding hydrogens is 727 g/mol. The van der Waals surface area contributed by atoms with E-state index in [9.17, 15) is 38.7 Å². The number of hydrogen-bond acceptors (Lipinski definition) is 9. The fraction of sp³-hybridized carbons (Fsp3) is 0.821. The van der Waals surface area contributed by atoms with Crippen molar-refractivity contribution in [3.8, 4) is 0 Å². The quantitative estimate of drug-likeness (QED) is 0.112. The summed E-state index contributed by atoms with van der Waals surface area (Å²) in [6.07, 6.45) is 10.2. The highest BCUT2D eigenvalue weighted by Crippen LogP contribution is 2.28. The van der Waals surface area contributed by atoms with Crippen molar-refractivity contribution in [3.05, 3.63) is 0 Å². The average Bonchev–Trinajstić information content (AvgIpc) is 3.66. The van der Waals surface area contributed by atoms with Crippen LogP contribution in [0.15, 0.2) is 0 Å². The van der Waals surface area contributed by atoms with Crippen LogP contribution in [-0.2, 0) is 33.6 Å². The van der Waals surface area contributed by atoms with Gasteiger partial charge in [-0.15, -0.1) is 0 Å². The molecule has 2 heterocycles. The Kier molecular flexibility index (Phi) is 19.2. The van der Waals surface area contributed by atoms with Gasteiger partial charge in [0.25, 0.3) is 0 Å². The van der Waals surface area contributed by atoms with Gasteiger partial charge in [-0.1, -0.05) is 52.9 Å². The maximum absolute atomic E-state index is 14.3. The Morgan fingerprint density at radius 3 is 1.91 bits per heavy atom. The fourth-order valence-electron chi connectivity index (χ4n) is 7.92. The maximum atomic E-state index is 14.3. The number of aliphatic hydroxyl groups excluding tert-OH is 1. The van der Waals surface area contributed by atoms with Crippen molar-refractivity contribution < 1.29 is 38.7 Å². The summed E-state index contributed by atoms with van der Waals surface area (Å²) in [5.41, 5.74) is 0. The van der Waals surface area contributed by atoms with Crippen LogP contribution in [0.2, 0.25) is 0 Å². The van der Waals surface area contributed by atoms with Gasteiger partial charge in [0, 0.05) is 26.6 Å². The van der Waals surface area contributed by atoms with Crippen LogP contribution in [0.1, 0.15) is 118 Å². The molecule has 312 valence electrons. The highest BCUT2D eigenvalue weighted by Gasteiger charge is 2.42. The van der Waals surface area contributed by atoms with Crippen LogP contribution in [-0.4, -0.2) is 130 Å². The molecule has 3 fully saturated rings. The number of carbonyl (C=O) groups is 7. The zero-order valence-electron chi connectivity index (χ0n) is 33.8. The van der Waals surface area contributed by atoms with Gasteiger partial charge >= 0.3 is 0 Å². The number of nitrogens with one attached hydrogen (secondary N) is 5. The van der Waals surface area contributed by atoms with Crippen molar-refractivity contribution in [1.82, 2.24) is 36.4 Å². The minimum atomic E-state index is -1.19. The molecule has 0 aromatic rings. The van der Waals surface area contributed by atoms with E-state index in [1.807, 2.05) is 27.0 Å². The normalized spacial score (nSPS) is 21.8. The Morgan fingerprint density at radius 2 is 1.31 bits per heavy atom. The second-order valence-electron chi connectivity index (χ2n) is 15.8. The summed E-state index contributed by atoms with van der Waals surface area (Å²) in [6.45, 7) is 9.32. The number of likely N-dealkylation sites (tertiary alicyclic amines) is 2. The molecule has 6 N–H and O–H groups in total. The molecule has 0 bridgehead atoms. The molecule has 7 amide bonds. The van der Waals surface area contributed by atoms with Crippen molar-refractivity contribution in [2.45, 2.75) is 160 Å². The van der Waals surface area contributed by atoms with Crippen molar-refractivity contribution in [1.29, 1.82) is 0 Å². The third kappa shape index (κ3) is 13.6. The van der Waals surface area contributed by atoms with E-state index in [-0.39, 0.29) is 24.3 Å². The Morgan fingerprint density at radius 1 is 0.709 bits per heavy atom. The minimum absolute atomic E-state index is 0.286. The number of hydrogen-bond donors (Lipinski definition) is 6. The smallest absolute Gasteiger partial charge is 0.246 e. The molecule has 2 aliphatic heterocycles. The van der Waals surface area contributed by atoms with E-state index in [1.54, 1.807) is 0 Å². The van der Waals surface area contributed by atoms with Crippen molar-refractivity contribution in [2.75, 3.05) is 31.6 Å². The molecule has 0 radical (unpaired) electrons. The lowest BCUT2D eigenvalue weighted by Gasteiger charge is -2.39. The summed E-state index contributed by atoms with van der Waals surface area (Å²) < 4.78 is 0. The number of aliphatic hydroxyl groups is 1. The van der Waals surface area contributed by atoms with E-state index in [1.165, 1.54) is 35.4 Å². The topological polar surface area (TPSA) is 206 Å². The number of rotatable bonds is 19. The highest BCUT2D eigenvalue weighted by molar-refractivity contribution is 7.98.